The molecule has 0 aliphatic carbocycles. The summed E-state index contributed by atoms with van der Waals surface area (Å²) in [6.45, 7) is 3.46. The zero-order valence-corrected chi connectivity index (χ0v) is 21.0. The zero-order valence-electron chi connectivity index (χ0n) is 21.0. The third kappa shape index (κ3) is 7.41. The predicted octanol–water partition coefficient (Wildman–Crippen LogP) is 6.66. The standard InChI is InChI=1S/C28H27F4N3O3/c1-16(2)27(36)34-15-18-12-22(24(26(31)32)33-14-18)28(37)35-21-10-11-23(38-3)20(13-21)9-6-17-4-7-19(8-5-17)25(29)30/h4-14,16,25-26H,15H2,1-3H3,(H,34,36)(H,35,37)/b9-6+. The number of amides is 2. The van der Waals surface area contributed by atoms with E-state index in [-0.39, 0.29) is 29.5 Å². The van der Waals surface area contributed by atoms with E-state index in [0.29, 0.717) is 28.1 Å². The molecule has 10 heteroatoms. The van der Waals surface area contributed by atoms with Crippen molar-refractivity contribution in [3.8, 4) is 5.75 Å². The molecule has 6 nitrogen and oxygen atoms in total. The minimum Gasteiger partial charge on any atom is -0.496 e. The molecule has 1 aromatic heterocycles. The van der Waals surface area contributed by atoms with Gasteiger partial charge in [-0.2, -0.15) is 0 Å². The van der Waals surface area contributed by atoms with Crippen molar-refractivity contribution in [2.45, 2.75) is 33.2 Å². The Kier molecular flexibility index (Phi) is 9.59. The first kappa shape index (κ1) is 28.4. The number of anilines is 1. The molecule has 0 unspecified atom stereocenters. The van der Waals surface area contributed by atoms with Gasteiger partial charge in [-0.3, -0.25) is 14.6 Å². The Morgan fingerprint density at radius 3 is 2.29 bits per heavy atom. The van der Waals surface area contributed by atoms with Gasteiger partial charge in [-0.25, -0.2) is 17.6 Å². The van der Waals surface area contributed by atoms with Crippen LogP contribution >= 0.6 is 0 Å². The number of ether oxygens (including phenoxy) is 1. The highest BCUT2D eigenvalue weighted by atomic mass is 19.3. The Morgan fingerprint density at radius 2 is 1.68 bits per heavy atom. The number of aromatic nitrogens is 1. The van der Waals surface area contributed by atoms with Crippen LogP contribution in [-0.2, 0) is 11.3 Å². The summed E-state index contributed by atoms with van der Waals surface area (Å²) in [6.07, 6.45) is -0.986. The molecule has 0 saturated heterocycles. The van der Waals surface area contributed by atoms with Crippen LogP contribution in [0.15, 0.2) is 54.7 Å². The molecule has 2 aromatic carbocycles. The molecule has 3 rings (SSSR count). The maximum absolute atomic E-state index is 13.6. The second-order valence-electron chi connectivity index (χ2n) is 8.66. The van der Waals surface area contributed by atoms with Crippen molar-refractivity contribution in [3.63, 3.8) is 0 Å². The van der Waals surface area contributed by atoms with Crippen LogP contribution in [-0.4, -0.2) is 23.9 Å². The summed E-state index contributed by atoms with van der Waals surface area (Å²) >= 11 is 0. The second kappa shape index (κ2) is 12.8. The number of carbonyl (C=O) groups excluding carboxylic acids is 2. The summed E-state index contributed by atoms with van der Waals surface area (Å²) in [4.78, 5) is 28.6. The number of rotatable bonds is 10. The van der Waals surface area contributed by atoms with Crippen LogP contribution < -0.4 is 15.4 Å². The lowest BCUT2D eigenvalue weighted by Crippen LogP contribution is -2.27. The van der Waals surface area contributed by atoms with Crippen molar-refractivity contribution in [2.75, 3.05) is 12.4 Å². The Hall–Kier alpha value is -4.21. The van der Waals surface area contributed by atoms with E-state index >= 15 is 0 Å². The van der Waals surface area contributed by atoms with Crippen LogP contribution in [0.25, 0.3) is 12.2 Å². The Balaban J connectivity index is 1.83. The molecule has 200 valence electrons. The molecule has 0 bridgehead atoms. The molecule has 0 spiro atoms. The number of carbonyl (C=O) groups is 2. The van der Waals surface area contributed by atoms with Crippen LogP contribution in [0.2, 0.25) is 0 Å². The van der Waals surface area contributed by atoms with E-state index in [1.54, 1.807) is 56.3 Å². The molecule has 0 aliphatic heterocycles. The fraction of sp³-hybridized carbons (Fsp3) is 0.250. The van der Waals surface area contributed by atoms with Gasteiger partial charge in [0, 0.05) is 35.5 Å². The number of benzene rings is 2. The van der Waals surface area contributed by atoms with Gasteiger partial charge in [0.2, 0.25) is 5.91 Å². The van der Waals surface area contributed by atoms with Gasteiger partial charge in [0.1, 0.15) is 11.4 Å². The number of hydrogen-bond donors (Lipinski definition) is 2. The van der Waals surface area contributed by atoms with Crippen molar-refractivity contribution >= 4 is 29.7 Å². The summed E-state index contributed by atoms with van der Waals surface area (Å²) in [6, 6.07) is 11.8. The molecule has 0 saturated carbocycles. The first-order valence-corrected chi connectivity index (χ1v) is 11.7. The Bertz CT molecular complexity index is 1310. The van der Waals surface area contributed by atoms with Gasteiger partial charge in [-0.15, -0.1) is 0 Å². The normalized spacial score (nSPS) is 11.4. The predicted molar refractivity (Wildman–Crippen MR) is 137 cm³/mol. The van der Waals surface area contributed by atoms with E-state index < -0.39 is 24.5 Å². The highest BCUT2D eigenvalue weighted by Crippen LogP contribution is 2.27. The van der Waals surface area contributed by atoms with Gasteiger partial charge < -0.3 is 15.4 Å². The molecule has 0 fully saturated rings. The van der Waals surface area contributed by atoms with Crippen molar-refractivity contribution in [1.29, 1.82) is 0 Å². The second-order valence-corrected chi connectivity index (χ2v) is 8.66. The van der Waals surface area contributed by atoms with E-state index in [0.717, 1.165) is 0 Å². The SMILES string of the molecule is COc1ccc(NC(=O)c2cc(CNC(=O)C(C)C)cnc2C(F)F)cc1/C=C/c1ccc(C(F)F)cc1. The van der Waals surface area contributed by atoms with E-state index in [9.17, 15) is 27.2 Å². The number of alkyl halides is 4. The maximum atomic E-state index is 13.6. The summed E-state index contributed by atoms with van der Waals surface area (Å²) in [7, 11) is 1.46. The van der Waals surface area contributed by atoms with E-state index in [4.69, 9.17) is 4.74 Å². The summed E-state index contributed by atoms with van der Waals surface area (Å²) in [5.41, 5.74) is 0.839. The van der Waals surface area contributed by atoms with Crippen molar-refractivity contribution in [1.82, 2.24) is 10.3 Å². The Morgan fingerprint density at radius 1 is 0.974 bits per heavy atom. The summed E-state index contributed by atoms with van der Waals surface area (Å²) in [5, 5.41) is 5.26. The lowest BCUT2D eigenvalue weighted by atomic mass is 10.1. The van der Waals surface area contributed by atoms with Crippen molar-refractivity contribution in [3.05, 3.63) is 88.2 Å². The summed E-state index contributed by atoms with van der Waals surface area (Å²) in [5.74, 6) is -0.812. The highest BCUT2D eigenvalue weighted by molar-refractivity contribution is 6.05. The number of hydrogen-bond acceptors (Lipinski definition) is 4. The third-order valence-electron chi connectivity index (χ3n) is 5.55. The number of methoxy groups -OCH3 is 1. The number of nitrogens with one attached hydrogen (secondary N) is 2. The molecule has 0 radical (unpaired) electrons. The highest BCUT2D eigenvalue weighted by Gasteiger charge is 2.21. The smallest absolute Gasteiger partial charge is 0.281 e. The molecule has 0 aliphatic rings. The van der Waals surface area contributed by atoms with Crippen molar-refractivity contribution in [2.24, 2.45) is 5.92 Å². The van der Waals surface area contributed by atoms with Gasteiger partial charge in [0.15, 0.2) is 0 Å². The number of halogens is 4. The Labute approximate surface area is 217 Å². The molecule has 0 atom stereocenters. The minimum atomic E-state index is -2.99. The molecule has 1 heterocycles. The van der Waals surface area contributed by atoms with Crippen LogP contribution in [0.5, 0.6) is 5.75 Å². The zero-order chi connectivity index (χ0) is 27.8. The number of nitrogens with zero attached hydrogens (tertiary/aromatic N) is 1. The van der Waals surface area contributed by atoms with Gasteiger partial charge in [0.25, 0.3) is 18.8 Å². The number of pyridine rings is 1. The first-order valence-electron chi connectivity index (χ1n) is 11.7. The quantitative estimate of drug-likeness (QED) is 0.227. The third-order valence-corrected chi connectivity index (χ3v) is 5.55. The minimum absolute atomic E-state index is 0.0313. The van der Waals surface area contributed by atoms with Gasteiger partial charge in [-0.1, -0.05) is 50.3 Å². The molecular weight excluding hydrogens is 502 g/mol. The summed E-state index contributed by atoms with van der Waals surface area (Å²) < 4.78 is 58.1. The van der Waals surface area contributed by atoms with Gasteiger partial charge in [0.05, 0.1) is 12.7 Å². The van der Waals surface area contributed by atoms with Crippen LogP contribution in [0, 0.1) is 5.92 Å². The monoisotopic (exact) mass is 529 g/mol. The first-order chi connectivity index (χ1) is 18.1. The molecule has 2 N–H and O–H groups in total. The topological polar surface area (TPSA) is 80.3 Å². The van der Waals surface area contributed by atoms with E-state index in [2.05, 4.69) is 15.6 Å². The molecule has 3 aromatic rings. The molecule has 38 heavy (non-hydrogen) atoms. The molecule has 2 amide bonds. The average molecular weight is 530 g/mol. The van der Waals surface area contributed by atoms with E-state index in [1.807, 2.05) is 0 Å². The van der Waals surface area contributed by atoms with Crippen molar-refractivity contribution < 1.29 is 31.9 Å². The lowest BCUT2D eigenvalue weighted by molar-refractivity contribution is -0.124. The van der Waals surface area contributed by atoms with Gasteiger partial charge >= 0.3 is 0 Å². The fourth-order valence-corrected chi connectivity index (χ4v) is 3.44. The van der Waals surface area contributed by atoms with E-state index in [1.165, 1.54) is 31.5 Å². The average Bonchev–Trinajstić information content (AvgIpc) is 2.90. The van der Waals surface area contributed by atoms with Gasteiger partial charge in [-0.05, 0) is 35.4 Å². The molecular formula is C28H27F4N3O3. The largest absolute Gasteiger partial charge is 0.496 e. The lowest BCUT2D eigenvalue weighted by Gasteiger charge is -2.13. The fourth-order valence-electron chi connectivity index (χ4n) is 3.44. The van der Waals surface area contributed by atoms with Crippen LogP contribution in [0.4, 0.5) is 23.2 Å². The van der Waals surface area contributed by atoms with Crippen LogP contribution in [0.3, 0.4) is 0 Å². The van der Waals surface area contributed by atoms with Crippen LogP contribution in [0.1, 0.15) is 65.0 Å². The maximum Gasteiger partial charge on any atom is 0.281 e.